The van der Waals surface area contributed by atoms with Crippen LogP contribution >= 0.6 is 55.8 Å². The van der Waals surface area contributed by atoms with Crippen molar-refractivity contribution < 1.29 is 4.79 Å². The quantitative estimate of drug-likeness (QED) is 0.722. The van der Waals surface area contributed by atoms with Gasteiger partial charge in [0, 0.05) is 14.2 Å². The first-order chi connectivity index (χ1) is 8.56. The Bertz CT molecular complexity index is 583. The molecule has 94 valence electrons. The topological polar surface area (TPSA) is 29.1 Å². The van der Waals surface area contributed by atoms with E-state index < -0.39 is 0 Å². The monoisotopic (exact) mass is 405 g/mol. The Morgan fingerprint density at radius 2 is 2.06 bits per heavy atom. The lowest BCUT2D eigenvalue weighted by Gasteiger charge is -2.06. The zero-order chi connectivity index (χ0) is 13.1. The lowest BCUT2D eigenvalue weighted by atomic mass is 10.2. The summed E-state index contributed by atoms with van der Waals surface area (Å²) in [5.41, 5.74) is 0.595. The van der Waals surface area contributed by atoms with Crippen LogP contribution in [0.15, 0.2) is 43.5 Å². The fourth-order valence-corrected chi connectivity index (χ4v) is 3.45. The van der Waals surface area contributed by atoms with Crippen molar-refractivity contribution in [1.82, 2.24) is 5.32 Å². The summed E-state index contributed by atoms with van der Waals surface area (Å²) in [6, 6.07) is 9.35. The number of hydrogen-bond donors (Lipinski definition) is 2. The van der Waals surface area contributed by atoms with Crippen LogP contribution in [0.1, 0.15) is 15.2 Å². The maximum absolute atomic E-state index is 12.0. The summed E-state index contributed by atoms with van der Waals surface area (Å²) < 4.78 is 1.83. The molecule has 0 saturated heterocycles. The molecule has 2 nitrogen and oxygen atoms in total. The van der Waals surface area contributed by atoms with E-state index in [-0.39, 0.29) is 5.91 Å². The van der Waals surface area contributed by atoms with Gasteiger partial charge in [0.15, 0.2) is 0 Å². The summed E-state index contributed by atoms with van der Waals surface area (Å²) in [7, 11) is 0. The van der Waals surface area contributed by atoms with E-state index in [1.165, 1.54) is 0 Å². The van der Waals surface area contributed by atoms with Gasteiger partial charge in [-0.25, -0.2) is 0 Å². The van der Waals surface area contributed by atoms with Gasteiger partial charge in [0.2, 0.25) is 0 Å². The first kappa shape index (κ1) is 14.1. The lowest BCUT2D eigenvalue weighted by molar-refractivity contribution is 0.0950. The predicted molar refractivity (Wildman–Crippen MR) is 84.6 cm³/mol. The van der Waals surface area contributed by atoms with Gasteiger partial charge in [-0.1, -0.05) is 0 Å². The molecule has 1 N–H and O–H groups in total. The van der Waals surface area contributed by atoms with Crippen molar-refractivity contribution in [3.8, 4) is 0 Å². The van der Waals surface area contributed by atoms with Crippen LogP contribution in [0.4, 0.5) is 0 Å². The van der Waals surface area contributed by atoms with E-state index in [0.29, 0.717) is 12.1 Å². The normalized spacial score (nSPS) is 10.4. The maximum atomic E-state index is 12.0. The van der Waals surface area contributed by atoms with Gasteiger partial charge in [0.1, 0.15) is 0 Å². The Morgan fingerprint density at radius 1 is 1.28 bits per heavy atom. The van der Waals surface area contributed by atoms with Crippen LogP contribution in [0.25, 0.3) is 0 Å². The minimum atomic E-state index is -0.109. The maximum Gasteiger partial charge on any atom is 0.252 e. The number of rotatable bonds is 3. The third-order valence-electron chi connectivity index (χ3n) is 2.25. The molecule has 1 heterocycles. The summed E-state index contributed by atoms with van der Waals surface area (Å²) in [6.07, 6.45) is 0. The zero-order valence-corrected chi connectivity index (χ0v) is 14.0. The highest BCUT2D eigenvalue weighted by Crippen LogP contribution is 2.23. The van der Waals surface area contributed by atoms with Crippen molar-refractivity contribution in [2.24, 2.45) is 0 Å². The molecular formula is C12H9Br2NOS2. The van der Waals surface area contributed by atoms with Crippen LogP contribution in [0.3, 0.4) is 0 Å². The molecule has 1 aromatic heterocycles. The molecule has 0 atom stereocenters. The van der Waals surface area contributed by atoms with Gasteiger partial charge in [-0.15, -0.1) is 24.0 Å². The van der Waals surface area contributed by atoms with Crippen molar-refractivity contribution in [3.63, 3.8) is 0 Å². The molecule has 0 aliphatic heterocycles. The molecule has 0 unspecified atom stereocenters. The second-order valence-electron chi connectivity index (χ2n) is 3.55. The summed E-state index contributed by atoms with van der Waals surface area (Å²) >= 11 is 12.6. The van der Waals surface area contributed by atoms with Gasteiger partial charge in [-0.3, -0.25) is 4.79 Å². The van der Waals surface area contributed by atoms with E-state index in [9.17, 15) is 4.79 Å². The fraction of sp³-hybridized carbons (Fsp3) is 0.0833. The number of halogens is 2. The predicted octanol–water partition coefficient (Wildman–Crippen LogP) is 4.49. The number of benzene rings is 1. The van der Waals surface area contributed by atoms with E-state index in [4.69, 9.17) is 0 Å². The lowest BCUT2D eigenvalue weighted by Crippen LogP contribution is -2.22. The second-order valence-corrected chi connectivity index (χ2v) is 7.47. The van der Waals surface area contributed by atoms with Crippen molar-refractivity contribution in [1.29, 1.82) is 0 Å². The van der Waals surface area contributed by atoms with Gasteiger partial charge >= 0.3 is 0 Å². The average molecular weight is 407 g/mol. The summed E-state index contributed by atoms with van der Waals surface area (Å²) in [6.45, 7) is 0.526. The average Bonchev–Trinajstić information content (AvgIpc) is 2.75. The van der Waals surface area contributed by atoms with E-state index in [1.807, 2.05) is 24.3 Å². The van der Waals surface area contributed by atoms with Crippen LogP contribution in [-0.4, -0.2) is 5.91 Å². The minimum Gasteiger partial charge on any atom is -0.347 e. The molecule has 0 spiro atoms. The highest BCUT2D eigenvalue weighted by atomic mass is 79.9. The Morgan fingerprint density at radius 3 is 2.72 bits per heavy atom. The molecule has 18 heavy (non-hydrogen) atoms. The van der Waals surface area contributed by atoms with E-state index in [1.54, 1.807) is 17.4 Å². The standard InChI is InChI=1S/C12H9Br2NOS2/c13-10-3-1-7(17)5-9(10)12(16)15-6-8-2-4-11(14)18-8/h1-5,17H,6H2,(H,15,16). The Labute approximate surface area is 131 Å². The minimum absolute atomic E-state index is 0.109. The third-order valence-corrected chi connectivity index (χ3v) is 4.84. The van der Waals surface area contributed by atoms with Gasteiger partial charge < -0.3 is 5.32 Å². The molecule has 2 rings (SSSR count). The first-order valence-electron chi connectivity index (χ1n) is 5.07. The third kappa shape index (κ3) is 3.60. The number of thiol groups is 1. The number of thiophene rings is 1. The molecule has 0 fully saturated rings. The van der Waals surface area contributed by atoms with Crippen LogP contribution < -0.4 is 5.32 Å². The highest BCUT2D eigenvalue weighted by molar-refractivity contribution is 9.11. The summed E-state index contributed by atoms with van der Waals surface area (Å²) in [4.78, 5) is 13.9. The number of hydrogen-bond acceptors (Lipinski definition) is 3. The van der Waals surface area contributed by atoms with E-state index in [0.717, 1.165) is 18.0 Å². The Hall–Kier alpha value is -0.300. The second kappa shape index (κ2) is 6.23. The summed E-state index contributed by atoms with van der Waals surface area (Å²) in [5.74, 6) is -0.109. The molecule has 0 bridgehead atoms. The molecule has 1 amide bonds. The molecule has 2 aromatic rings. The van der Waals surface area contributed by atoms with Gasteiger partial charge in [0.25, 0.3) is 5.91 Å². The molecule has 1 aromatic carbocycles. The first-order valence-corrected chi connectivity index (χ1v) is 7.92. The molecule has 0 radical (unpaired) electrons. The van der Waals surface area contributed by atoms with Crippen molar-refractivity contribution in [2.75, 3.05) is 0 Å². The van der Waals surface area contributed by atoms with Gasteiger partial charge in [-0.2, -0.15) is 0 Å². The van der Waals surface area contributed by atoms with Crippen LogP contribution in [-0.2, 0) is 6.54 Å². The molecular weight excluding hydrogens is 398 g/mol. The molecule has 0 saturated carbocycles. The summed E-state index contributed by atoms with van der Waals surface area (Å²) in [5, 5.41) is 2.88. The number of nitrogens with one attached hydrogen (secondary N) is 1. The van der Waals surface area contributed by atoms with E-state index in [2.05, 4.69) is 49.8 Å². The Kier molecular flexibility index (Phi) is 4.89. The highest BCUT2D eigenvalue weighted by Gasteiger charge is 2.10. The largest absolute Gasteiger partial charge is 0.347 e. The van der Waals surface area contributed by atoms with Crippen LogP contribution in [0.2, 0.25) is 0 Å². The number of carbonyl (C=O) groups is 1. The van der Waals surface area contributed by atoms with Crippen molar-refractivity contribution in [3.05, 3.63) is 49.0 Å². The van der Waals surface area contributed by atoms with Crippen molar-refractivity contribution in [2.45, 2.75) is 11.4 Å². The molecule has 6 heteroatoms. The van der Waals surface area contributed by atoms with Crippen LogP contribution in [0, 0.1) is 0 Å². The smallest absolute Gasteiger partial charge is 0.252 e. The van der Waals surface area contributed by atoms with Crippen molar-refractivity contribution >= 4 is 61.7 Å². The van der Waals surface area contributed by atoms with Gasteiger partial charge in [-0.05, 0) is 62.2 Å². The molecule has 0 aliphatic rings. The fourth-order valence-electron chi connectivity index (χ4n) is 1.40. The zero-order valence-electron chi connectivity index (χ0n) is 9.11. The van der Waals surface area contributed by atoms with Gasteiger partial charge in [0.05, 0.1) is 15.9 Å². The van der Waals surface area contributed by atoms with Crippen LogP contribution in [0.5, 0.6) is 0 Å². The SMILES string of the molecule is O=C(NCc1ccc(Br)s1)c1cc(S)ccc1Br. The Balaban J connectivity index is 2.05. The molecule has 0 aliphatic carbocycles. The van der Waals surface area contributed by atoms with E-state index >= 15 is 0 Å². The number of carbonyl (C=O) groups excluding carboxylic acids is 1. The number of amides is 1.